The Balaban J connectivity index is 1.82. The number of alkyl halides is 4. The van der Waals surface area contributed by atoms with Crippen molar-refractivity contribution < 1.29 is 27.5 Å². The zero-order valence-corrected chi connectivity index (χ0v) is 15.0. The third-order valence-corrected chi connectivity index (χ3v) is 4.94. The first kappa shape index (κ1) is 19.1. The zero-order valence-electron chi connectivity index (χ0n) is 15.0. The molecule has 0 bridgehead atoms. The van der Waals surface area contributed by atoms with Crippen LogP contribution in [0.15, 0.2) is 0 Å². The summed E-state index contributed by atoms with van der Waals surface area (Å²) in [6.45, 7) is 4.80. The number of anilines is 1. The zero-order chi connectivity index (χ0) is 19.5. The Kier molecular flexibility index (Phi) is 4.37. The molecule has 2 N–H and O–H groups in total. The molecule has 2 fully saturated rings. The Labute approximate surface area is 148 Å². The highest BCUT2D eigenvalue weighted by molar-refractivity contribution is 5.93. The number of carbonyl (C=O) groups excluding carboxylic acids is 1. The monoisotopic (exact) mass is 377 g/mol. The van der Waals surface area contributed by atoms with Gasteiger partial charge in [0, 0.05) is 43.1 Å². The maximum absolute atomic E-state index is 13.2. The van der Waals surface area contributed by atoms with Crippen LogP contribution in [0.3, 0.4) is 0 Å². The Morgan fingerprint density at radius 1 is 1.23 bits per heavy atom. The molecule has 0 atom stereocenters. The van der Waals surface area contributed by atoms with Crippen LogP contribution < -0.4 is 5.32 Å². The third kappa shape index (κ3) is 3.87. The minimum atomic E-state index is -2.81. The van der Waals surface area contributed by atoms with Crippen LogP contribution in [0, 0.1) is 12.8 Å². The van der Waals surface area contributed by atoms with Gasteiger partial charge in [-0.1, -0.05) is 0 Å². The predicted molar refractivity (Wildman–Crippen MR) is 86.5 cm³/mol. The van der Waals surface area contributed by atoms with Crippen LogP contribution in [-0.2, 0) is 11.3 Å². The summed E-state index contributed by atoms with van der Waals surface area (Å²) < 4.78 is 53.8. The average molecular weight is 377 g/mol. The molecule has 0 aromatic carbocycles. The number of hydrogen-bond donors (Lipinski definition) is 2. The topological polar surface area (TPSA) is 67.2 Å². The number of hydrogen-bond acceptors (Lipinski definition) is 3. The number of aliphatic hydroxyl groups is 1. The summed E-state index contributed by atoms with van der Waals surface area (Å²) in [5, 5.41) is 17.0. The van der Waals surface area contributed by atoms with E-state index in [1.807, 2.05) is 0 Å². The van der Waals surface area contributed by atoms with Crippen molar-refractivity contribution >= 4 is 11.7 Å². The second kappa shape index (κ2) is 5.94. The average Bonchev–Trinajstić information content (AvgIpc) is 2.68. The van der Waals surface area contributed by atoms with Gasteiger partial charge >= 0.3 is 0 Å². The third-order valence-electron chi connectivity index (χ3n) is 4.94. The van der Waals surface area contributed by atoms with Gasteiger partial charge in [-0.15, -0.1) is 0 Å². The first-order chi connectivity index (χ1) is 11.8. The maximum atomic E-state index is 13.2. The van der Waals surface area contributed by atoms with Gasteiger partial charge in [-0.3, -0.25) is 4.79 Å². The lowest BCUT2D eigenvalue weighted by molar-refractivity contribution is -0.145. The first-order valence-electron chi connectivity index (χ1n) is 8.63. The molecule has 0 radical (unpaired) electrons. The second-order valence-electron chi connectivity index (χ2n) is 8.24. The molecular weight excluding hydrogens is 354 g/mol. The van der Waals surface area contributed by atoms with Gasteiger partial charge in [0.1, 0.15) is 5.82 Å². The van der Waals surface area contributed by atoms with Gasteiger partial charge in [0.05, 0.1) is 17.8 Å². The van der Waals surface area contributed by atoms with E-state index in [1.54, 1.807) is 20.8 Å². The van der Waals surface area contributed by atoms with Crippen molar-refractivity contribution in [2.75, 3.05) is 5.32 Å². The fourth-order valence-corrected chi connectivity index (χ4v) is 3.52. The molecule has 1 aromatic rings. The van der Waals surface area contributed by atoms with Crippen molar-refractivity contribution in [3.63, 3.8) is 0 Å². The van der Waals surface area contributed by atoms with E-state index < -0.39 is 48.0 Å². The van der Waals surface area contributed by atoms with Crippen LogP contribution >= 0.6 is 0 Å². The van der Waals surface area contributed by atoms with Gasteiger partial charge in [0.15, 0.2) is 0 Å². The predicted octanol–water partition coefficient (Wildman–Crippen LogP) is 3.46. The molecule has 2 aliphatic carbocycles. The van der Waals surface area contributed by atoms with E-state index >= 15 is 0 Å². The molecule has 5 nitrogen and oxygen atoms in total. The summed E-state index contributed by atoms with van der Waals surface area (Å²) >= 11 is 0. The normalized spacial score (nSPS) is 22.6. The van der Waals surface area contributed by atoms with Crippen LogP contribution in [0.5, 0.6) is 0 Å². The fourth-order valence-electron chi connectivity index (χ4n) is 3.52. The van der Waals surface area contributed by atoms with E-state index in [2.05, 4.69) is 10.4 Å². The molecule has 146 valence electrons. The number of nitrogens with zero attached hydrogens (tertiary/aromatic N) is 2. The van der Waals surface area contributed by atoms with Crippen LogP contribution in [0.25, 0.3) is 0 Å². The lowest BCUT2D eigenvalue weighted by atomic mass is 9.78. The van der Waals surface area contributed by atoms with E-state index in [9.17, 15) is 27.5 Å². The largest absolute Gasteiger partial charge is 0.389 e. The molecule has 0 aliphatic heterocycles. The van der Waals surface area contributed by atoms with Gasteiger partial charge in [0.2, 0.25) is 17.8 Å². The second-order valence-corrected chi connectivity index (χ2v) is 8.24. The van der Waals surface area contributed by atoms with Crippen molar-refractivity contribution in [1.82, 2.24) is 9.78 Å². The summed E-state index contributed by atoms with van der Waals surface area (Å²) in [5.74, 6) is -6.99. The standard InChI is InChI=1S/C17H23F4N3O2/c1-9-12(10-4-16(18,19)5-10)23-24(8-15(2,3)26)13(9)22-14(25)11-6-17(20,21)7-11/h10-11,26H,4-8H2,1-3H3,(H,22,25). The van der Waals surface area contributed by atoms with Crippen molar-refractivity contribution in [3.05, 3.63) is 11.3 Å². The van der Waals surface area contributed by atoms with Gasteiger partial charge in [0.25, 0.3) is 0 Å². The van der Waals surface area contributed by atoms with E-state index in [4.69, 9.17) is 0 Å². The molecule has 2 saturated carbocycles. The number of halogens is 4. The van der Waals surface area contributed by atoms with Crippen LogP contribution in [-0.4, -0.2) is 38.2 Å². The maximum Gasteiger partial charge on any atom is 0.249 e. The molecule has 0 spiro atoms. The highest BCUT2D eigenvalue weighted by Crippen LogP contribution is 2.49. The van der Waals surface area contributed by atoms with E-state index in [1.165, 1.54) is 4.68 Å². The molecule has 0 unspecified atom stereocenters. The van der Waals surface area contributed by atoms with Crippen molar-refractivity contribution in [1.29, 1.82) is 0 Å². The van der Waals surface area contributed by atoms with E-state index in [0.717, 1.165) is 0 Å². The summed E-state index contributed by atoms with van der Waals surface area (Å²) in [5.41, 5.74) is -0.161. The molecular formula is C17H23F4N3O2. The number of rotatable bonds is 5. The smallest absolute Gasteiger partial charge is 0.249 e. The lowest BCUT2D eigenvalue weighted by Crippen LogP contribution is -2.42. The Morgan fingerprint density at radius 3 is 2.23 bits per heavy atom. The van der Waals surface area contributed by atoms with Gasteiger partial charge in [-0.2, -0.15) is 5.10 Å². The Hall–Kier alpha value is -1.64. The number of aromatic nitrogens is 2. The summed E-state index contributed by atoms with van der Waals surface area (Å²) in [4.78, 5) is 12.3. The van der Waals surface area contributed by atoms with Gasteiger partial charge in [-0.05, 0) is 20.8 Å². The van der Waals surface area contributed by atoms with E-state index in [-0.39, 0.29) is 25.2 Å². The lowest BCUT2D eigenvalue weighted by Gasteiger charge is -2.34. The summed E-state index contributed by atoms with van der Waals surface area (Å²) in [6, 6.07) is 0. The first-order valence-corrected chi connectivity index (χ1v) is 8.63. The van der Waals surface area contributed by atoms with Gasteiger partial charge < -0.3 is 10.4 Å². The molecule has 26 heavy (non-hydrogen) atoms. The molecule has 3 rings (SSSR count). The highest BCUT2D eigenvalue weighted by Gasteiger charge is 2.50. The number of carbonyl (C=O) groups is 1. The molecule has 1 amide bonds. The van der Waals surface area contributed by atoms with Crippen LogP contribution in [0.2, 0.25) is 0 Å². The molecule has 1 heterocycles. The Bertz CT molecular complexity index is 708. The summed E-state index contributed by atoms with van der Waals surface area (Å²) in [6.07, 6.45) is -1.62. The van der Waals surface area contributed by atoms with E-state index in [0.29, 0.717) is 11.3 Å². The minimum Gasteiger partial charge on any atom is -0.389 e. The highest BCUT2D eigenvalue weighted by atomic mass is 19.3. The quantitative estimate of drug-likeness (QED) is 0.773. The molecule has 2 aliphatic rings. The minimum absolute atomic E-state index is 0.0351. The van der Waals surface area contributed by atoms with Gasteiger partial charge in [-0.25, -0.2) is 22.2 Å². The van der Waals surface area contributed by atoms with Crippen molar-refractivity contribution in [3.8, 4) is 0 Å². The van der Waals surface area contributed by atoms with Crippen LogP contribution in [0.1, 0.15) is 56.7 Å². The molecule has 9 heteroatoms. The van der Waals surface area contributed by atoms with Crippen molar-refractivity contribution in [2.24, 2.45) is 5.92 Å². The van der Waals surface area contributed by atoms with Crippen molar-refractivity contribution in [2.45, 2.75) is 76.4 Å². The Morgan fingerprint density at radius 2 is 1.77 bits per heavy atom. The summed E-state index contributed by atoms with van der Waals surface area (Å²) in [7, 11) is 0. The molecule has 0 saturated heterocycles. The SMILES string of the molecule is Cc1c(C2CC(F)(F)C2)nn(CC(C)(C)O)c1NC(=O)C1CC(F)(F)C1. The number of nitrogens with one attached hydrogen (secondary N) is 1. The molecule has 1 aromatic heterocycles. The van der Waals surface area contributed by atoms with Crippen LogP contribution in [0.4, 0.5) is 23.4 Å². The fraction of sp³-hybridized carbons (Fsp3) is 0.765. The number of amides is 1.